The highest BCUT2D eigenvalue weighted by Gasteiger charge is 2.20. The number of halogens is 2. The summed E-state index contributed by atoms with van der Waals surface area (Å²) < 4.78 is 14.8. The Bertz CT molecular complexity index is 1320. The van der Waals surface area contributed by atoms with Crippen LogP contribution in [-0.2, 0) is 4.79 Å². The third kappa shape index (κ3) is 4.62. The molecule has 0 aliphatic carbocycles. The topological polar surface area (TPSA) is 64.0 Å². The Balaban J connectivity index is 1.72. The molecule has 0 bridgehead atoms. The Morgan fingerprint density at radius 2 is 1.84 bits per heavy atom. The number of hydrogen-bond donors (Lipinski definition) is 1. The predicted octanol–water partition coefficient (Wildman–Crippen LogP) is 5.30. The van der Waals surface area contributed by atoms with Gasteiger partial charge in [0, 0.05) is 10.7 Å². The number of nitrogens with one attached hydrogen (secondary N) is 1. The Morgan fingerprint density at radius 3 is 2.58 bits per heavy atom. The number of carbonyl (C=O) groups excluding carboxylic acids is 1. The SMILES string of the molecule is C[C@@H](Sc1nc2ccccc2c(=O)n1-c1ccc(F)cc1)C(=O)Nc1cccc(Cl)c1. The summed E-state index contributed by atoms with van der Waals surface area (Å²) in [5.74, 6) is -0.672. The van der Waals surface area contributed by atoms with E-state index in [0.717, 1.165) is 11.8 Å². The van der Waals surface area contributed by atoms with Crippen molar-refractivity contribution in [3.63, 3.8) is 0 Å². The maximum absolute atomic E-state index is 13.4. The number of hydrogen-bond acceptors (Lipinski definition) is 4. The Morgan fingerprint density at radius 1 is 1.10 bits per heavy atom. The molecule has 0 spiro atoms. The fourth-order valence-corrected chi connectivity index (χ4v) is 4.15. The molecule has 0 aliphatic heterocycles. The van der Waals surface area contributed by atoms with Crippen molar-refractivity contribution in [2.75, 3.05) is 5.32 Å². The molecule has 0 saturated carbocycles. The first-order chi connectivity index (χ1) is 14.9. The molecule has 0 fully saturated rings. The molecule has 31 heavy (non-hydrogen) atoms. The summed E-state index contributed by atoms with van der Waals surface area (Å²) >= 11 is 7.12. The van der Waals surface area contributed by atoms with Crippen LogP contribution in [0.3, 0.4) is 0 Å². The van der Waals surface area contributed by atoms with E-state index in [9.17, 15) is 14.0 Å². The molecule has 4 rings (SSSR count). The van der Waals surface area contributed by atoms with Crippen LogP contribution in [0.5, 0.6) is 0 Å². The molecule has 0 radical (unpaired) electrons. The number of anilines is 1. The van der Waals surface area contributed by atoms with Crippen LogP contribution < -0.4 is 10.9 Å². The fourth-order valence-electron chi connectivity index (χ4n) is 3.03. The van der Waals surface area contributed by atoms with Crippen molar-refractivity contribution in [3.8, 4) is 5.69 Å². The molecule has 8 heteroatoms. The Hall–Kier alpha value is -3.16. The van der Waals surface area contributed by atoms with Crippen LogP contribution in [0, 0.1) is 5.82 Å². The number of fused-ring (bicyclic) bond motifs is 1. The van der Waals surface area contributed by atoms with Crippen LogP contribution in [0.1, 0.15) is 6.92 Å². The number of nitrogens with zero attached hydrogens (tertiary/aromatic N) is 2. The van der Waals surface area contributed by atoms with E-state index < -0.39 is 11.1 Å². The molecule has 4 aromatic rings. The third-order valence-electron chi connectivity index (χ3n) is 4.57. The van der Waals surface area contributed by atoms with E-state index in [1.807, 2.05) is 0 Å². The number of thioether (sulfide) groups is 1. The van der Waals surface area contributed by atoms with E-state index in [0.29, 0.717) is 32.5 Å². The summed E-state index contributed by atoms with van der Waals surface area (Å²) in [5, 5.41) is 3.53. The molecule has 0 saturated heterocycles. The van der Waals surface area contributed by atoms with Crippen LogP contribution >= 0.6 is 23.4 Å². The van der Waals surface area contributed by atoms with Gasteiger partial charge in [0.2, 0.25) is 5.91 Å². The van der Waals surface area contributed by atoms with Crippen LogP contribution in [0.2, 0.25) is 5.02 Å². The molecule has 1 aromatic heterocycles. The van der Waals surface area contributed by atoms with Crippen molar-refractivity contribution < 1.29 is 9.18 Å². The zero-order valence-electron chi connectivity index (χ0n) is 16.4. The number of amides is 1. The lowest BCUT2D eigenvalue weighted by Crippen LogP contribution is -2.26. The second kappa shape index (κ2) is 8.91. The molecule has 156 valence electrons. The van der Waals surface area contributed by atoms with Crippen molar-refractivity contribution in [1.29, 1.82) is 0 Å². The van der Waals surface area contributed by atoms with Crippen LogP contribution in [0.4, 0.5) is 10.1 Å². The molecule has 0 unspecified atom stereocenters. The van der Waals surface area contributed by atoms with Crippen molar-refractivity contribution in [3.05, 3.63) is 94.0 Å². The number of aromatic nitrogens is 2. The second-order valence-electron chi connectivity index (χ2n) is 6.79. The van der Waals surface area contributed by atoms with Gasteiger partial charge in [-0.15, -0.1) is 0 Å². The van der Waals surface area contributed by atoms with Gasteiger partial charge >= 0.3 is 0 Å². The van der Waals surface area contributed by atoms with E-state index in [1.54, 1.807) is 55.5 Å². The third-order valence-corrected chi connectivity index (χ3v) is 5.86. The van der Waals surface area contributed by atoms with Gasteiger partial charge in [-0.2, -0.15) is 0 Å². The first-order valence-electron chi connectivity index (χ1n) is 9.43. The summed E-state index contributed by atoms with van der Waals surface area (Å²) in [7, 11) is 0. The highest BCUT2D eigenvalue weighted by Crippen LogP contribution is 2.26. The van der Waals surface area contributed by atoms with Crippen LogP contribution in [0.25, 0.3) is 16.6 Å². The fraction of sp³-hybridized carbons (Fsp3) is 0.0870. The minimum atomic E-state index is -0.571. The van der Waals surface area contributed by atoms with Gasteiger partial charge in [-0.25, -0.2) is 9.37 Å². The number of para-hydroxylation sites is 1. The monoisotopic (exact) mass is 453 g/mol. The lowest BCUT2D eigenvalue weighted by molar-refractivity contribution is -0.115. The average molecular weight is 454 g/mol. The van der Waals surface area contributed by atoms with Gasteiger partial charge in [0.15, 0.2) is 5.16 Å². The molecule has 1 heterocycles. The molecular formula is C23H17ClFN3O2S. The molecule has 1 atom stereocenters. The summed E-state index contributed by atoms with van der Waals surface area (Å²) in [6.45, 7) is 1.72. The van der Waals surface area contributed by atoms with Crippen LogP contribution in [-0.4, -0.2) is 20.7 Å². The van der Waals surface area contributed by atoms with E-state index in [-0.39, 0.29) is 11.5 Å². The number of rotatable bonds is 5. The molecule has 3 aromatic carbocycles. The average Bonchev–Trinajstić information content (AvgIpc) is 2.75. The molecule has 0 aliphatic rings. The van der Waals surface area contributed by atoms with Crippen molar-refractivity contribution in [2.24, 2.45) is 0 Å². The minimum absolute atomic E-state index is 0.264. The summed E-state index contributed by atoms with van der Waals surface area (Å²) in [5.41, 5.74) is 1.28. The normalized spacial score (nSPS) is 12.0. The summed E-state index contributed by atoms with van der Waals surface area (Å²) in [4.78, 5) is 30.6. The smallest absolute Gasteiger partial charge is 0.266 e. The Labute approximate surface area is 186 Å². The second-order valence-corrected chi connectivity index (χ2v) is 8.53. The number of benzene rings is 3. The first kappa shape index (κ1) is 21.1. The van der Waals surface area contributed by atoms with Gasteiger partial charge in [-0.1, -0.05) is 41.6 Å². The van der Waals surface area contributed by atoms with E-state index >= 15 is 0 Å². The minimum Gasteiger partial charge on any atom is -0.325 e. The molecule has 1 N–H and O–H groups in total. The number of carbonyl (C=O) groups is 1. The maximum atomic E-state index is 13.4. The lowest BCUT2D eigenvalue weighted by atomic mass is 10.2. The highest BCUT2D eigenvalue weighted by atomic mass is 35.5. The molecule has 5 nitrogen and oxygen atoms in total. The van der Waals surface area contributed by atoms with Gasteiger partial charge in [-0.3, -0.25) is 14.2 Å². The van der Waals surface area contributed by atoms with Crippen molar-refractivity contribution in [2.45, 2.75) is 17.3 Å². The van der Waals surface area contributed by atoms with E-state index in [4.69, 9.17) is 11.6 Å². The largest absolute Gasteiger partial charge is 0.325 e. The standard InChI is InChI=1S/C23H17ClFN3O2S/c1-14(21(29)26-17-6-4-5-15(24)13-17)31-23-27-20-8-3-2-7-19(20)22(30)28(23)18-11-9-16(25)10-12-18/h2-14H,1H3,(H,26,29)/t14-/m1/s1. The van der Waals surface area contributed by atoms with Crippen LogP contribution in [0.15, 0.2) is 82.7 Å². The highest BCUT2D eigenvalue weighted by molar-refractivity contribution is 8.00. The summed E-state index contributed by atoms with van der Waals surface area (Å²) in [6.07, 6.45) is 0. The molecule has 1 amide bonds. The zero-order chi connectivity index (χ0) is 22.0. The zero-order valence-corrected chi connectivity index (χ0v) is 18.0. The van der Waals surface area contributed by atoms with Gasteiger partial charge < -0.3 is 5.32 Å². The van der Waals surface area contributed by atoms with Gasteiger partial charge in [0.25, 0.3) is 5.56 Å². The summed E-state index contributed by atoms with van der Waals surface area (Å²) in [6, 6.07) is 19.4. The lowest BCUT2D eigenvalue weighted by Gasteiger charge is -2.16. The quantitative estimate of drug-likeness (QED) is 0.329. The van der Waals surface area contributed by atoms with Crippen molar-refractivity contribution in [1.82, 2.24) is 9.55 Å². The maximum Gasteiger partial charge on any atom is 0.266 e. The predicted molar refractivity (Wildman–Crippen MR) is 123 cm³/mol. The van der Waals surface area contributed by atoms with Crippen molar-refractivity contribution >= 4 is 45.9 Å². The Kier molecular flexibility index (Phi) is 6.06. The van der Waals surface area contributed by atoms with E-state index in [1.165, 1.54) is 28.8 Å². The van der Waals surface area contributed by atoms with Gasteiger partial charge in [0.05, 0.1) is 21.8 Å². The van der Waals surface area contributed by atoms with E-state index in [2.05, 4.69) is 10.3 Å². The first-order valence-corrected chi connectivity index (χ1v) is 10.7. The van der Waals surface area contributed by atoms with Gasteiger partial charge in [0.1, 0.15) is 5.82 Å². The van der Waals surface area contributed by atoms with Gasteiger partial charge in [-0.05, 0) is 61.5 Å². The molecular weight excluding hydrogens is 437 g/mol.